The molecule has 0 aliphatic carbocycles. The van der Waals surface area contributed by atoms with Gasteiger partial charge < -0.3 is 10.0 Å². The van der Waals surface area contributed by atoms with Crippen LogP contribution in [-0.2, 0) is 4.79 Å². The van der Waals surface area contributed by atoms with Crippen molar-refractivity contribution in [3.05, 3.63) is 40.9 Å². The van der Waals surface area contributed by atoms with Crippen molar-refractivity contribution in [1.82, 2.24) is 9.88 Å². The molecule has 0 saturated heterocycles. The van der Waals surface area contributed by atoms with Gasteiger partial charge in [0, 0.05) is 6.54 Å². The van der Waals surface area contributed by atoms with E-state index in [1.807, 2.05) is 24.4 Å². The zero-order valence-corrected chi connectivity index (χ0v) is 13.4. The van der Waals surface area contributed by atoms with Gasteiger partial charge in [-0.3, -0.25) is 14.6 Å². The Balaban J connectivity index is 2.27. The molecule has 2 heterocycles. The Hall–Kier alpha value is -2.21. The Morgan fingerprint density at radius 1 is 1.32 bits per heavy atom. The number of carboxylic acid groups (broad SMARTS) is 1. The van der Waals surface area contributed by atoms with E-state index in [0.717, 1.165) is 10.6 Å². The fraction of sp³-hybridized carbons (Fsp3) is 0.312. The maximum absolute atomic E-state index is 12.5. The van der Waals surface area contributed by atoms with Gasteiger partial charge in [0.25, 0.3) is 5.91 Å². The van der Waals surface area contributed by atoms with Gasteiger partial charge in [-0.25, -0.2) is 0 Å². The van der Waals surface area contributed by atoms with Crippen molar-refractivity contribution in [1.29, 1.82) is 0 Å². The van der Waals surface area contributed by atoms with Crippen LogP contribution >= 0.6 is 11.3 Å². The first-order valence-corrected chi connectivity index (χ1v) is 7.93. The van der Waals surface area contributed by atoms with Crippen LogP contribution in [0.4, 0.5) is 0 Å². The predicted molar refractivity (Wildman–Crippen MR) is 86.1 cm³/mol. The monoisotopic (exact) mass is 318 g/mol. The first kappa shape index (κ1) is 16.2. The number of rotatable bonds is 6. The minimum Gasteiger partial charge on any atom is -0.480 e. The highest BCUT2D eigenvalue weighted by atomic mass is 32.1. The van der Waals surface area contributed by atoms with Gasteiger partial charge in [-0.05, 0) is 36.9 Å². The number of aromatic nitrogens is 1. The minimum atomic E-state index is -1.01. The molecule has 0 radical (unpaired) electrons. The van der Waals surface area contributed by atoms with Crippen LogP contribution in [0.25, 0.3) is 10.6 Å². The van der Waals surface area contributed by atoms with Gasteiger partial charge in [0.1, 0.15) is 6.54 Å². The smallest absolute Gasteiger partial charge is 0.323 e. The predicted octanol–water partition coefficient (Wildman–Crippen LogP) is 3.06. The summed E-state index contributed by atoms with van der Waals surface area (Å²) in [5, 5.41) is 10.9. The average Bonchev–Trinajstić information content (AvgIpc) is 3.00. The van der Waals surface area contributed by atoms with Crippen molar-refractivity contribution >= 4 is 23.2 Å². The molecule has 2 rings (SSSR count). The summed E-state index contributed by atoms with van der Waals surface area (Å²) in [4.78, 5) is 30.3. The summed E-state index contributed by atoms with van der Waals surface area (Å²) in [5.41, 5.74) is 1.89. The molecule has 0 saturated carbocycles. The highest BCUT2D eigenvalue weighted by Gasteiger charge is 2.20. The molecule has 0 atom stereocenters. The lowest BCUT2D eigenvalue weighted by Crippen LogP contribution is -2.36. The summed E-state index contributed by atoms with van der Waals surface area (Å²) < 4.78 is 0. The largest absolute Gasteiger partial charge is 0.480 e. The van der Waals surface area contributed by atoms with E-state index in [1.54, 1.807) is 30.4 Å². The lowest BCUT2D eigenvalue weighted by Gasteiger charge is -2.20. The number of aliphatic carboxylic acids is 1. The van der Waals surface area contributed by atoms with Crippen LogP contribution in [0.15, 0.2) is 29.6 Å². The Kier molecular flexibility index (Phi) is 5.27. The second kappa shape index (κ2) is 7.17. The molecule has 22 heavy (non-hydrogen) atoms. The van der Waals surface area contributed by atoms with E-state index in [9.17, 15) is 9.59 Å². The van der Waals surface area contributed by atoms with Crippen molar-refractivity contribution in [2.24, 2.45) is 0 Å². The molecule has 0 fully saturated rings. The summed E-state index contributed by atoms with van der Waals surface area (Å²) in [7, 11) is 0. The molecule has 0 aromatic carbocycles. The standard InChI is InChI=1S/C16H18N2O3S/c1-3-8-18(10-15(19)20)16(21)12-6-7-13(17-11(12)2)14-5-4-9-22-14/h4-7,9H,3,8,10H2,1-2H3,(H,19,20). The van der Waals surface area contributed by atoms with Crippen LogP contribution in [0, 0.1) is 6.92 Å². The molecule has 116 valence electrons. The maximum Gasteiger partial charge on any atom is 0.323 e. The van der Waals surface area contributed by atoms with E-state index in [0.29, 0.717) is 24.2 Å². The highest BCUT2D eigenvalue weighted by Crippen LogP contribution is 2.24. The van der Waals surface area contributed by atoms with Gasteiger partial charge in [-0.2, -0.15) is 0 Å². The Labute approximate surface area is 133 Å². The van der Waals surface area contributed by atoms with Crippen molar-refractivity contribution < 1.29 is 14.7 Å². The molecular formula is C16H18N2O3S. The number of nitrogens with zero attached hydrogens (tertiary/aromatic N) is 2. The van der Waals surface area contributed by atoms with Gasteiger partial charge >= 0.3 is 5.97 Å². The second-order valence-electron chi connectivity index (χ2n) is 4.93. The normalized spacial score (nSPS) is 10.5. The second-order valence-corrected chi connectivity index (χ2v) is 5.87. The summed E-state index contributed by atoms with van der Waals surface area (Å²) in [5.74, 6) is -1.30. The summed E-state index contributed by atoms with van der Waals surface area (Å²) in [6.45, 7) is 3.80. The van der Waals surface area contributed by atoms with Gasteiger partial charge in [0.2, 0.25) is 0 Å². The average molecular weight is 318 g/mol. The molecule has 5 nitrogen and oxygen atoms in total. The van der Waals surface area contributed by atoms with E-state index < -0.39 is 5.97 Å². The number of amides is 1. The summed E-state index contributed by atoms with van der Waals surface area (Å²) >= 11 is 1.59. The van der Waals surface area contributed by atoms with E-state index in [1.165, 1.54) is 4.90 Å². The van der Waals surface area contributed by atoms with Crippen molar-refractivity contribution in [3.63, 3.8) is 0 Å². The topological polar surface area (TPSA) is 70.5 Å². The zero-order valence-electron chi connectivity index (χ0n) is 12.6. The SMILES string of the molecule is CCCN(CC(=O)O)C(=O)c1ccc(-c2cccs2)nc1C. The van der Waals surface area contributed by atoms with Crippen molar-refractivity contribution in [3.8, 4) is 10.6 Å². The molecule has 1 amide bonds. The van der Waals surface area contributed by atoms with Crippen LogP contribution in [0.5, 0.6) is 0 Å². The van der Waals surface area contributed by atoms with Gasteiger partial charge in [-0.15, -0.1) is 11.3 Å². The lowest BCUT2D eigenvalue weighted by atomic mass is 10.1. The van der Waals surface area contributed by atoms with Crippen LogP contribution < -0.4 is 0 Å². The quantitative estimate of drug-likeness (QED) is 0.888. The summed E-state index contributed by atoms with van der Waals surface area (Å²) in [6, 6.07) is 7.45. The van der Waals surface area contributed by atoms with E-state index in [2.05, 4.69) is 4.98 Å². The molecule has 0 bridgehead atoms. The number of carboxylic acids is 1. The molecule has 0 aliphatic heterocycles. The molecule has 6 heteroatoms. The third kappa shape index (κ3) is 3.71. The number of hydrogen-bond donors (Lipinski definition) is 1. The molecule has 1 N–H and O–H groups in total. The van der Waals surface area contributed by atoms with Crippen LogP contribution in [0.3, 0.4) is 0 Å². The van der Waals surface area contributed by atoms with Gasteiger partial charge in [-0.1, -0.05) is 13.0 Å². The molecular weight excluding hydrogens is 300 g/mol. The molecule has 0 aliphatic rings. The van der Waals surface area contributed by atoms with Crippen LogP contribution in [-0.4, -0.2) is 40.0 Å². The van der Waals surface area contributed by atoms with E-state index in [4.69, 9.17) is 5.11 Å². The number of carbonyl (C=O) groups excluding carboxylic acids is 1. The third-order valence-electron chi connectivity index (χ3n) is 3.20. The maximum atomic E-state index is 12.5. The lowest BCUT2D eigenvalue weighted by molar-refractivity contribution is -0.137. The number of thiophene rings is 1. The number of pyridine rings is 1. The fourth-order valence-electron chi connectivity index (χ4n) is 2.20. The fourth-order valence-corrected chi connectivity index (χ4v) is 2.90. The molecule has 2 aromatic rings. The van der Waals surface area contributed by atoms with Gasteiger partial charge in [0.05, 0.1) is 21.8 Å². The van der Waals surface area contributed by atoms with Crippen molar-refractivity contribution in [2.75, 3.05) is 13.1 Å². The van der Waals surface area contributed by atoms with Crippen molar-refractivity contribution in [2.45, 2.75) is 20.3 Å². The van der Waals surface area contributed by atoms with E-state index in [-0.39, 0.29) is 12.5 Å². The number of aryl methyl sites for hydroxylation is 1. The number of carbonyl (C=O) groups is 2. The first-order valence-electron chi connectivity index (χ1n) is 7.05. The highest BCUT2D eigenvalue weighted by molar-refractivity contribution is 7.13. The van der Waals surface area contributed by atoms with Crippen LogP contribution in [0.1, 0.15) is 29.4 Å². The van der Waals surface area contributed by atoms with Gasteiger partial charge in [0.15, 0.2) is 0 Å². The molecule has 0 unspecified atom stereocenters. The molecule has 0 spiro atoms. The van der Waals surface area contributed by atoms with E-state index >= 15 is 0 Å². The molecule has 2 aromatic heterocycles. The minimum absolute atomic E-state index is 0.285. The van der Waals surface area contributed by atoms with Crippen LogP contribution in [0.2, 0.25) is 0 Å². The Morgan fingerprint density at radius 2 is 2.09 bits per heavy atom. The Bertz CT molecular complexity index is 668. The zero-order chi connectivity index (χ0) is 16.1. The number of hydrogen-bond acceptors (Lipinski definition) is 4. The first-order chi connectivity index (χ1) is 10.5. The third-order valence-corrected chi connectivity index (χ3v) is 4.09. The summed E-state index contributed by atoms with van der Waals surface area (Å²) in [6.07, 6.45) is 0.707. The Morgan fingerprint density at radius 3 is 2.64 bits per heavy atom.